The van der Waals surface area contributed by atoms with Gasteiger partial charge in [0.1, 0.15) is 12.4 Å². The molecule has 0 bridgehead atoms. The third-order valence-electron chi connectivity index (χ3n) is 4.82. The molecule has 7 heteroatoms. The predicted molar refractivity (Wildman–Crippen MR) is 112 cm³/mol. The van der Waals surface area contributed by atoms with Gasteiger partial charge in [0.2, 0.25) is 5.91 Å². The maximum atomic E-state index is 12.3. The average Bonchev–Trinajstić information content (AvgIpc) is 3.35. The van der Waals surface area contributed by atoms with Gasteiger partial charge >= 0.3 is 0 Å². The molecule has 0 atom stereocenters. The molecule has 3 rings (SSSR count). The summed E-state index contributed by atoms with van der Waals surface area (Å²) in [5.41, 5.74) is 1.29. The molecule has 1 fully saturated rings. The molecule has 1 aliphatic heterocycles. The first-order valence-electron chi connectivity index (χ1n) is 10.1. The summed E-state index contributed by atoms with van der Waals surface area (Å²) >= 11 is 1.47. The zero-order valence-electron chi connectivity index (χ0n) is 17.1. The van der Waals surface area contributed by atoms with E-state index in [4.69, 9.17) is 4.74 Å². The van der Waals surface area contributed by atoms with Crippen molar-refractivity contribution in [2.45, 2.75) is 58.3 Å². The van der Waals surface area contributed by atoms with Crippen molar-refractivity contribution in [3.8, 4) is 5.75 Å². The van der Waals surface area contributed by atoms with Gasteiger partial charge in [0.25, 0.3) is 0 Å². The first kappa shape index (κ1) is 20.7. The number of aromatic nitrogens is 3. The molecule has 2 heterocycles. The first-order chi connectivity index (χ1) is 13.6. The van der Waals surface area contributed by atoms with Gasteiger partial charge in [-0.15, -0.1) is 10.2 Å². The van der Waals surface area contributed by atoms with E-state index in [2.05, 4.69) is 47.7 Å². The Labute approximate surface area is 171 Å². The van der Waals surface area contributed by atoms with Gasteiger partial charge in [0, 0.05) is 19.6 Å². The highest BCUT2D eigenvalue weighted by molar-refractivity contribution is 7.99. The van der Waals surface area contributed by atoms with Gasteiger partial charge in [-0.1, -0.05) is 44.7 Å². The summed E-state index contributed by atoms with van der Waals surface area (Å²) in [4.78, 5) is 14.3. The van der Waals surface area contributed by atoms with Crippen molar-refractivity contribution < 1.29 is 9.53 Å². The van der Waals surface area contributed by atoms with Crippen LogP contribution < -0.4 is 4.74 Å². The van der Waals surface area contributed by atoms with Gasteiger partial charge in [-0.25, -0.2) is 0 Å². The van der Waals surface area contributed by atoms with E-state index in [1.807, 2.05) is 17.0 Å². The number of likely N-dealkylation sites (tertiary alicyclic amines) is 1. The average molecular weight is 403 g/mol. The van der Waals surface area contributed by atoms with Crippen molar-refractivity contribution in [3.05, 3.63) is 35.7 Å². The minimum Gasteiger partial charge on any atom is -0.486 e. The number of nitrogens with zero attached hydrogens (tertiary/aromatic N) is 4. The topological polar surface area (TPSA) is 60.3 Å². The molecule has 28 heavy (non-hydrogen) atoms. The number of hydrogen-bond donors (Lipinski definition) is 0. The van der Waals surface area contributed by atoms with E-state index in [0.29, 0.717) is 18.3 Å². The Hall–Kier alpha value is -2.02. The van der Waals surface area contributed by atoms with Crippen LogP contribution in [-0.4, -0.2) is 44.4 Å². The fraction of sp³-hybridized carbons (Fsp3) is 0.571. The summed E-state index contributed by atoms with van der Waals surface area (Å²) in [6.45, 7) is 9.41. The lowest BCUT2D eigenvalue weighted by Crippen LogP contribution is -2.29. The molecule has 152 valence electrons. The zero-order valence-corrected chi connectivity index (χ0v) is 17.9. The largest absolute Gasteiger partial charge is 0.486 e. The fourth-order valence-electron chi connectivity index (χ4n) is 3.23. The summed E-state index contributed by atoms with van der Waals surface area (Å²) < 4.78 is 8.02. The van der Waals surface area contributed by atoms with E-state index in [0.717, 1.165) is 55.6 Å². The Morgan fingerprint density at radius 3 is 2.54 bits per heavy atom. The van der Waals surface area contributed by atoms with Crippen LogP contribution in [0.1, 0.15) is 45.0 Å². The van der Waals surface area contributed by atoms with Gasteiger partial charge in [-0.05, 0) is 42.9 Å². The number of hydrogen-bond acceptors (Lipinski definition) is 5. The second-order valence-corrected chi connectivity index (χ2v) is 8.51. The van der Waals surface area contributed by atoms with Crippen LogP contribution in [0, 0.1) is 5.92 Å². The van der Waals surface area contributed by atoms with Crippen molar-refractivity contribution in [3.63, 3.8) is 0 Å². The van der Waals surface area contributed by atoms with Crippen LogP contribution in [0.15, 0.2) is 29.4 Å². The Bertz CT molecular complexity index is 767. The number of aryl methyl sites for hydroxylation is 1. The highest BCUT2D eigenvalue weighted by Crippen LogP contribution is 2.21. The van der Waals surface area contributed by atoms with Crippen LogP contribution >= 0.6 is 11.8 Å². The van der Waals surface area contributed by atoms with Crippen LogP contribution in [0.25, 0.3) is 0 Å². The standard InChI is InChI=1S/C21H30N4O2S/c1-4-17-7-9-18(10-8-17)27-14-19-22-23-21(25(19)13-16(2)3)28-15-20(26)24-11-5-6-12-24/h7-10,16H,4-6,11-15H2,1-3H3. The molecule has 0 spiro atoms. The summed E-state index contributed by atoms with van der Waals surface area (Å²) in [7, 11) is 0. The molecule has 0 aliphatic carbocycles. The molecule has 1 amide bonds. The Kier molecular flexibility index (Phi) is 7.36. The van der Waals surface area contributed by atoms with Crippen LogP contribution in [0.4, 0.5) is 0 Å². The van der Waals surface area contributed by atoms with Crippen LogP contribution in [0.2, 0.25) is 0 Å². The van der Waals surface area contributed by atoms with E-state index >= 15 is 0 Å². The molecule has 1 saturated heterocycles. The van der Waals surface area contributed by atoms with Crippen molar-refractivity contribution in [1.82, 2.24) is 19.7 Å². The van der Waals surface area contributed by atoms with E-state index in [9.17, 15) is 4.79 Å². The van der Waals surface area contributed by atoms with E-state index in [1.54, 1.807) is 0 Å². The molecule has 1 aliphatic rings. The number of rotatable bonds is 9. The Morgan fingerprint density at radius 1 is 1.18 bits per heavy atom. The third kappa shape index (κ3) is 5.50. The summed E-state index contributed by atoms with van der Waals surface area (Å²) in [6.07, 6.45) is 3.24. The quantitative estimate of drug-likeness (QED) is 0.597. The molecule has 0 unspecified atom stereocenters. The number of benzene rings is 1. The summed E-state index contributed by atoms with van der Waals surface area (Å²) in [6, 6.07) is 8.15. The molecule has 0 radical (unpaired) electrons. The second-order valence-electron chi connectivity index (χ2n) is 7.57. The van der Waals surface area contributed by atoms with Crippen molar-refractivity contribution >= 4 is 17.7 Å². The van der Waals surface area contributed by atoms with Crippen LogP contribution in [0.5, 0.6) is 5.75 Å². The number of carbonyl (C=O) groups is 1. The highest BCUT2D eigenvalue weighted by Gasteiger charge is 2.20. The summed E-state index contributed by atoms with van der Waals surface area (Å²) in [5, 5.41) is 9.46. The molecule has 0 saturated carbocycles. The SMILES string of the molecule is CCc1ccc(OCc2nnc(SCC(=O)N3CCCC3)n2CC(C)C)cc1. The second kappa shape index (κ2) is 9.96. The van der Waals surface area contributed by atoms with Crippen molar-refractivity contribution in [1.29, 1.82) is 0 Å². The van der Waals surface area contributed by atoms with E-state index in [1.165, 1.54) is 17.3 Å². The molecule has 6 nitrogen and oxygen atoms in total. The van der Waals surface area contributed by atoms with E-state index in [-0.39, 0.29) is 5.91 Å². The third-order valence-corrected chi connectivity index (χ3v) is 5.78. The minimum absolute atomic E-state index is 0.190. The van der Waals surface area contributed by atoms with Crippen LogP contribution in [-0.2, 0) is 24.4 Å². The minimum atomic E-state index is 0.190. The number of ether oxygens (including phenoxy) is 1. The number of thioether (sulfide) groups is 1. The lowest BCUT2D eigenvalue weighted by molar-refractivity contribution is -0.127. The van der Waals surface area contributed by atoms with Gasteiger partial charge in [-0.3, -0.25) is 4.79 Å². The van der Waals surface area contributed by atoms with Crippen LogP contribution in [0.3, 0.4) is 0 Å². The van der Waals surface area contributed by atoms with Gasteiger partial charge in [-0.2, -0.15) is 0 Å². The van der Waals surface area contributed by atoms with Crippen molar-refractivity contribution in [2.75, 3.05) is 18.8 Å². The van der Waals surface area contributed by atoms with Crippen molar-refractivity contribution in [2.24, 2.45) is 5.92 Å². The monoisotopic (exact) mass is 402 g/mol. The summed E-state index contributed by atoms with van der Waals surface area (Å²) in [5.74, 6) is 2.68. The molecule has 1 aromatic carbocycles. The lowest BCUT2D eigenvalue weighted by atomic mass is 10.2. The molecule has 1 aromatic heterocycles. The Morgan fingerprint density at radius 2 is 1.89 bits per heavy atom. The smallest absolute Gasteiger partial charge is 0.233 e. The highest BCUT2D eigenvalue weighted by atomic mass is 32.2. The predicted octanol–water partition coefficient (Wildman–Crippen LogP) is 3.79. The normalized spacial score (nSPS) is 14.1. The number of carbonyl (C=O) groups excluding carboxylic acids is 1. The molecule has 0 N–H and O–H groups in total. The first-order valence-corrected chi connectivity index (χ1v) is 11.1. The molecular weight excluding hydrogens is 372 g/mol. The maximum absolute atomic E-state index is 12.3. The van der Waals surface area contributed by atoms with Gasteiger partial charge in [0.15, 0.2) is 11.0 Å². The van der Waals surface area contributed by atoms with Gasteiger partial charge < -0.3 is 14.2 Å². The lowest BCUT2D eigenvalue weighted by Gasteiger charge is -2.16. The maximum Gasteiger partial charge on any atom is 0.233 e. The zero-order chi connectivity index (χ0) is 19.9. The van der Waals surface area contributed by atoms with Gasteiger partial charge in [0.05, 0.1) is 5.75 Å². The number of amides is 1. The molecular formula is C21H30N4O2S. The Balaban J connectivity index is 1.63. The van der Waals surface area contributed by atoms with E-state index < -0.39 is 0 Å². The molecule has 2 aromatic rings. The fourth-order valence-corrected chi connectivity index (χ4v) is 4.10.